The first kappa shape index (κ1) is 20.2. The zero-order valence-electron chi connectivity index (χ0n) is 12.8. The number of nitrogens with zero attached hydrogens (tertiary/aromatic N) is 1. The molecule has 20 heavy (non-hydrogen) atoms. The summed E-state index contributed by atoms with van der Waals surface area (Å²) in [7, 11) is 0. The fourth-order valence-electron chi connectivity index (χ4n) is 2.41. The zero-order valence-corrected chi connectivity index (χ0v) is 15.7. The van der Waals surface area contributed by atoms with E-state index in [-0.39, 0.29) is 24.0 Å². The van der Waals surface area contributed by atoms with Crippen molar-refractivity contribution in [3.8, 4) is 0 Å². The minimum atomic E-state index is 0. The first-order valence-electron chi connectivity index (χ1n) is 7.98. The molecule has 0 aliphatic rings. The van der Waals surface area contributed by atoms with E-state index < -0.39 is 0 Å². The van der Waals surface area contributed by atoms with E-state index >= 15 is 0 Å². The van der Waals surface area contributed by atoms with Gasteiger partial charge in [0.25, 0.3) is 5.15 Å². The molecule has 1 nitrogen and oxygen atoms in total. The predicted octanol–water partition coefficient (Wildman–Crippen LogP) is 2.55. The smallest absolute Gasteiger partial charge is 0.274 e. The van der Waals surface area contributed by atoms with Crippen molar-refractivity contribution >= 4 is 11.6 Å². The molecule has 0 bridgehead atoms. The molecule has 0 N–H and O–H groups in total. The van der Waals surface area contributed by atoms with E-state index in [2.05, 4.69) is 17.7 Å². The second-order valence-electron chi connectivity index (χ2n) is 5.40. The minimum Gasteiger partial charge on any atom is -1.00 e. The van der Waals surface area contributed by atoms with E-state index in [0.29, 0.717) is 0 Å². The molecule has 3 heteroatoms. The fourth-order valence-corrected chi connectivity index (χ4v) is 2.62. The van der Waals surface area contributed by atoms with Gasteiger partial charge in [-0.1, -0.05) is 58.3 Å². The summed E-state index contributed by atoms with van der Waals surface area (Å²) < 4.78 is 2.13. The van der Waals surface area contributed by atoms with Gasteiger partial charge in [0.15, 0.2) is 6.20 Å². The van der Waals surface area contributed by atoms with Crippen molar-refractivity contribution in [2.75, 3.05) is 0 Å². The Morgan fingerprint density at radius 1 is 0.850 bits per heavy atom. The molecular weight excluding hydrogens is 381 g/mol. The summed E-state index contributed by atoms with van der Waals surface area (Å²) >= 11 is 6.11. The van der Waals surface area contributed by atoms with Crippen molar-refractivity contribution in [2.24, 2.45) is 0 Å². The van der Waals surface area contributed by atoms with Gasteiger partial charge in [-0.15, -0.1) is 0 Å². The maximum Gasteiger partial charge on any atom is 0.274 e. The normalized spacial score (nSPS) is 10.3. The average Bonchev–Trinajstić information content (AvgIpc) is 2.43. The molecule has 1 heterocycles. The number of aromatic nitrogens is 1. The zero-order chi connectivity index (χ0) is 13.8. The van der Waals surface area contributed by atoms with Crippen LogP contribution in [0.3, 0.4) is 0 Å². The minimum absolute atomic E-state index is 0. The molecule has 0 unspecified atom stereocenters. The number of unbranched alkanes of at least 4 members (excludes halogenated alkanes) is 9. The molecule has 1 aromatic heterocycles. The van der Waals surface area contributed by atoms with Crippen molar-refractivity contribution in [1.82, 2.24) is 0 Å². The quantitative estimate of drug-likeness (QED) is 0.229. The Bertz CT molecular complexity index is 331. The molecular formula is C17H29ClIN. The Balaban J connectivity index is 0.00000361. The van der Waals surface area contributed by atoms with Gasteiger partial charge in [0.1, 0.15) is 6.54 Å². The van der Waals surface area contributed by atoms with Crippen molar-refractivity contribution in [3.63, 3.8) is 0 Å². The van der Waals surface area contributed by atoms with E-state index in [1.165, 1.54) is 64.2 Å². The molecule has 0 saturated carbocycles. The Morgan fingerprint density at radius 3 is 1.95 bits per heavy atom. The highest BCUT2D eigenvalue weighted by molar-refractivity contribution is 6.28. The van der Waals surface area contributed by atoms with Gasteiger partial charge in [-0.05, 0) is 24.1 Å². The van der Waals surface area contributed by atoms with E-state index in [0.717, 1.165) is 11.7 Å². The van der Waals surface area contributed by atoms with Gasteiger partial charge >= 0.3 is 0 Å². The largest absolute Gasteiger partial charge is 1.00 e. The molecule has 0 aliphatic heterocycles. The highest BCUT2D eigenvalue weighted by atomic mass is 127. The van der Waals surface area contributed by atoms with Crippen LogP contribution in [0.4, 0.5) is 0 Å². The van der Waals surface area contributed by atoms with Crippen LogP contribution in [0.2, 0.25) is 5.15 Å². The van der Waals surface area contributed by atoms with Gasteiger partial charge in [-0.3, -0.25) is 0 Å². The Labute approximate surface area is 147 Å². The summed E-state index contributed by atoms with van der Waals surface area (Å²) in [5.74, 6) is 0. The van der Waals surface area contributed by atoms with Gasteiger partial charge in [0.05, 0.1) is 0 Å². The summed E-state index contributed by atoms with van der Waals surface area (Å²) in [5.41, 5.74) is 0. The van der Waals surface area contributed by atoms with Crippen LogP contribution in [0.15, 0.2) is 24.4 Å². The van der Waals surface area contributed by atoms with Crippen molar-refractivity contribution in [1.29, 1.82) is 0 Å². The van der Waals surface area contributed by atoms with Crippen LogP contribution in [-0.2, 0) is 6.54 Å². The van der Waals surface area contributed by atoms with E-state index in [9.17, 15) is 0 Å². The van der Waals surface area contributed by atoms with Crippen molar-refractivity contribution < 1.29 is 28.5 Å². The third kappa shape index (κ3) is 9.98. The number of rotatable bonds is 11. The van der Waals surface area contributed by atoms with Gasteiger partial charge in [-0.2, -0.15) is 4.57 Å². The summed E-state index contributed by atoms with van der Waals surface area (Å²) in [4.78, 5) is 0. The van der Waals surface area contributed by atoms with E-state index in [1.54, 1.807) is 0 Å². The summed E-state index contributed by atoms with van der Waals surface area (Å²) in [6.07, 6.45) is 15.9. The van der Waals surface area contributed by atoms with Crippen LogP contribution in [0.25, 0.3) is 0 Å². The fraction of sp³-hybridized carbons (Fsp3) is 0.706. The second kappa shape index (κ2) is 14.1. The number of pyridine rings is 1. The van der Waals surface area contributed by atoms with Crippen molar-refractivity contribution in [2.45, 2.75) is 77.7 Å². The maximum absolute atomic E-state index is 6.11. The molecule has 0 radical (unpaired) electrons. The first-order chi connectivity index (χ1) is 9.34. The molecule has 0 aliphatic carbocycles. The third-order valence-electron chi connectivity index (χ3n) is 3.64. The summed E-state index contributed by atoms with van der Waals surface area (Å²) in [6.45, 7) is 3.33. The lowest BCUT2D eigenvalue weighted by Gasteiger charge is -2.01. The molecule has 0 saturated heterocycles. The van der Waals surface area contributed by atoms with Gasteiger partial charge < -0.3 is 24.0 Å². The van der Waals surface area contributed by atoms with Gasteiger partial charge in [0, 0.05) is 18.6 Å². The SMILES string of the molecule is CCCCCCCCCCCC[n+]1ccccc1Cl.[I-]. The lowest BCUT2D eigenvalue weighted by atomic mass is 10.1. The number of halogens is 2. The topological polar surface area (TPSA) is 3.88 Å². The van der Waals surface area contributed by atoms with Gasteiger partial charge in [-0.25, -0.2) is 0 Å². The van der Waals surface area contributed by atoms with Crippen LogP contribution in [0.1, 0.15) is 71.1 Å². The molecule has 0 atom stereocenters. The average molecular weight is 410 g/mol. The molecule has 116 valence electrons. The molecule has 0 amide bonds. The molecule has 0 fully saturated rings. The number of hydrogen-bond donors (Lipinski definition) is 0. The number of aryl methyl sites for hydroxylation is 1. The maximum atomic E-state index is 6.11. The molecule has 0 spiro atoms. The third-order valence-corrected chi connectivity index (χ3v) is 3.98. The first-order valence-corrected chi connectivity index (χ1v) is 8.36. The second-order valence-corrected chi connectivity index (χ2v) is 5.79. The standard InChI is InChI=1S/C17H29ClN.HI/c1-2-3-4-5-6-7-8-9-10-12-15-19-16-13-11-14-17(19)18;/h11,13-14,16H,2-10,12,15H2,1H3;1H/q+1;/p-1. The lowest BCUT2D eigenvalue weighted by molar-refractivity contribution is -0.695. The molecule has 1 rings (SSSR count). The van der Waals surface area contributed by atoms with Crippen LogP contribution in [0.5, 0.6) is 0 Å². The number of hydrogen-bond acceptors (Lipinski definition) is 0. The Kier molecular flexibility index (Phi) is 14.2. The Morgan fingerprint density at radius 2 is 1.40 bits per heavy atom. The molecule has 0 aromatic carbocycles. The van der Waals surface area contributed by atoms with E-state index in [4.69, 9.17) is 11.6 Å². The van der Waals surface area contributed by atoms with Crippen LogP contribution < -0.4 is 28.5 Å². The van der Waals surface area contributed by atoms with Crippen molar-refractivity contribution in [3.05, 3.63) is 29.5 Å². The molecule has 1 aromatic rings. The predicted molar refractivity (Wildman–Crippen MR) is 83.5 cm³/mol. The highest BCUT2D eigenvalue weighted by Crippen LogP contribution is 2.10. The Hall–Kier alpha value is 0.170. The lowest BCUT2D eigenvalue weighted by Crippen LogP contribution is -3.00. The highest BCUT2D eigenvalue weighted by Gasteiger charge is 2.04. The summed E-state index contributed by atoms with van der Waals surface area (Å²) in [5, 5.41) is 0.846. The van der Waals surface area contributed by atoms with Crippen LogP contribution in [0, 0.1) is 0 Å². The van der Waals surface area contributed by atoms with Crippen LogP contribution >= 0.6 is 11.6 Å². The van der Waals surface area contributed by atoms with Crippen LogP contribution in [-0.4, -0.2) is 0 Å². The van der Waals surface area contributed by atoms with Gasteiger partial charge in [0.2, 0.25) is 0 Å². The monoisotopic (exact) mass is 409 g/mol. The van der Waals surface area contributed by atoms with E-state index in [1.807, 2.05) is 18.2 Å². The summed E-state index contributed by atoms with van der Waals surface area (Å²) in [6, 6.07) is 5.98.